The smallest absolute Gasteiger partial charge is 0.0930 e. The molecule has 1 aliphatic rings. The van der Waals surface area contributed by atoms with E-state index in [-0.39, 0.29) is 0 Å². The summed E-state index contributed by atoms with van der Waals surface area (Å²) in [5, 5.41) is 0. The Balaban J connectivity index is 1.86. The van der Waals surface area contributed by atoms with Gasteiger partial charge in [0.05, 0.1) is 12.7 Å². The molecule has 0 bridgehead atoms. The van der Waals surface area contributed by atoms with E-state index in [4.69, 9.17) is 9.78 Å². The quantitative estimate of drug-likeness (QED) is 0.359. The van der Waals surface area contributed by atoms with Gasteiger partial charge in [0.2, 0.25) is 0 Å². The Morgan fingerprint density at radius 2 is 1.85 bits per heavy atom. The highest BCUT2D eigenvalue weighted by molar-refractivity contribution is 4.63. The summed E-state index contributed by atoms with van der Waals surface area (Å²) in [5.41, 5.74) is 0. The zero-order chi connectivity index (χ0) is 9.36. The molecule has 2 nitrogen and oxygen atoms in total. The normalized spacial score (nSPS) is 19.2. The third-order valence-corrected chi connectivity index (χ3v) is 2.59. The van der Waals surface area contributed by atoms with Gasteiger partial charge in [-0.2, -0.15) is 0 Å². The average molecular weight is 186 g/mol. The van der Waals surface area contributed by atoms with Crippen LogP contribution >= 0.6 is 0 Å². The molecule has 0 spiro atoms. The molecule has 0 heterocycles. The summed E-state index contributed by atoms with van der Waals surface area (Å²) in [6, 6.07) is 0. The van der Waals surface area contributed by atoms with E-state index >= 15 is 0 Å². The molecule has 13 heavy (non-hydrogen) atoms. The molecule has 0 unspecified atom stereocenters. The molecule has 0 radical (unpaired) electrons. The van der Waals surface area contributed by atoms with E-state index in [2.05, 4.69) is 6.92 Å². The minimum Gasteiger partial charge on any atom is -0.236 e. The first-order chi connectivity index (χ1) is 6.43. The topological polar surface area (TPSA) is 18.5 Å². The molecule has 1 rings (SSSR count). The molecule has 0 amide bonds. The lowest BCUT2D eigenvalue weighted by atomic mass is 9.98. The van der Waals surface area contributed by atoms with Crippen molar-refractivity contribution in [2.75, 3.05) is 6.61 Å². The third kappa shape index (κ3) is 5.27. The molecule has 0 atom stereocenters. The van der Waals surface area contributed by atoms with Crippen molar-refractivity contribution in [1.82, 2.24) is 0 Å². The second kappa shape index (κ2) is 7.34. The van der Waals surface area contributed by atoms with Crippen LogP contribution in [0.4, 0.5) is 0 Å². The predicted molar refractivity (Wildman–Crippen MR) is 53.4 cm³/mol. The maximum Gasteiger partial charge on any atom is 0.0930 e. The number of unbranched alkanes of at least 4 members (excludes halogenated alkanes) is 2. The monoisotopic (exact) mass is 186 g/mol. The van der Waals surface area contributed by atoms with E-state index in [1.54, 1.807) is 0 Å². The molecule has 0 aromatic carbocycles. The Hall–Kier alpha value is -0.0800. The van der Waals surface area contributed by atoms with E-state index in [1.807, 2.05) is 0 Å². The van der Waals surface area contributed by atoms with Gasteiger partial charge in [0.25, 0.3) is 0 Å². The summed E-state index contributed by atoms with van der Waals surface area (Å²) in [7, 11) is 0. The van der Waals surface area contributed by atoms with E-state index in [0.717, 1.165) is 13.0 Å². The lowest BCUT2D eigenvalue weighted by Crippen LogP contribution is -2.17. The summed E-state index contributed by atoms with van der Waals surface area (Å²) < 4.78 is 0. The van der Waals surface area contributed by atoms with Gasteiger partial charge in [-0.25, -0.2) is 9.78 Å². The van der Waals surface area contributed by atoms with Gasteiger partial charge >= 0.3 is 0 Å². The van der Waals surface area contributed by atoms with Crippen LogP contribution in [0.15, 0.2) is 0 Å². The minimum atomic E-state index is 0.385. The Labute approximate surface area is 81.5 Å². The van der Waals surface area contributed by atoms with E-state index in [9.17, 15) is 0 Å². The average Bonchev–Trinajstić information content (AvgIpc) is 2.19. The Bertz CT molecular complexity index is 109. The van der Waals surface area contributed by atoms with Crippen LogP contribution in [0.25, 0.3) is 0 Å². The second-order valence-corrected chi connectivity index (χ2v) is 3.89. The van der Waals surface area contributed by atoms with Crippen LogP contribution in [0.1, 0.15) is 58.3 Å². The third-order valence-electron chi connectivity index (χ3n) is 2.59. The van der Waals surface area contributed by atoms with Crippen LogP contribution in [0.2, 0.25) is 0 Å². The van der Waals surface area contributed by atoms with Gasteiger partial charge in [-0.05, 0) is 19.3 Å². The first-order valence-electron chi connectivity index (χ1n) is 5.71. The summed E-state index contributed by atoms with van der Waals surface area (Å²) in [4.78, 5) is 10.5. The van der Waals surface area contributed by atoms with Crippen molar-refractivity contribution in [3.63, 3.8) is 0 Å². The molecule has 0 saturated heterocycles. The molecule has 2 heteroatoms. The number of rotatable bonds is 6. The van der Waals surface area contributed by atoms with Crippen molar-refractivity contribution in [3.05, 3.63) is 0 Å². The molecule has 1 saturated carbocycles. The van der Waals surface area contributed by atoms with Crippen LogP contribution in [0.3, 0.4) is 0 Å². The van der Waals surface area contributed by atoms with Crippen molar-refractivity contribution in [2.45, 2.75) is 64.4 Å². The first kappa shape index (κ1) is 11.0. The highest BCUT2D eigenvalue weighted by Gasteiger charge is 2.14. The molecular formula is C11H22O2. The fraction of sp³-hybridized carbons (Fsp3) is 1.00. The van der Waals surface area contributed by atoms with E-state index in [1.165, 1.54) is 44.9 Å². The largest absolute Gasteiger partial charge is 0.236 e. The van der Waals surface area contributed by atoms with Gasteiger partial charge in [0.1, 0.15) is 0 Å². The van der Waals surface area contributed by atoms with Gasteiger partial charge in [-0.15, -0.1) is 0 Å². The molecule has 0 N–H and O–H groups in total. The van der Waals surface area contributed by atoms with E-state index in [0.29, 0.717) is 6.10 Å². The van der Waals surface area contributed by atoms with Crippen LogP contribution in [-0.2, 0) is 9.78 Å². The van der Waals surface area contributed by atoms with Crippen LogP contribution in [0.5, 0.6) is 0 Å². The lowest BCUT2D eigenvalue weighted by Gasteiger charge is -2.20. The Morgan fingerprint density at radius 3 is 2.54 bits per heavy atom. The Kier molecular flexibility index (Phi) is 6.21. The first-order valence-corrected chi connectivity index (χ1v) is 5.71. The summed E-state index contributed by atoms with van der Waals surface area (Å²) >= 11 is 0. The summed E-state index contributed by atoms with van der Waals surface area (Å²) in [6.07, 6.45) is 10.4. The van der Waals surface area contributed by atoms with Crippen molar-refractivity contribution in [2.24, 2.45) is 0 Å². The summed E-state index contributed by atoms with van der Waals surface area (Å²) in [5.74, 6) is 0. The van der Waals surface area contributed by atoms with Gasteiger partial charge in [-0.3, -0.25) is 0 Å². The number of hydrogen-bond donors (Lipinski definition) is 0. The summed E-state index contributed by atoms with van der Waals surface area (Å²) in [6.45, 7) is 2.96. The van der Waals surface area contributed by atoms with Crippen LogP contribution in [0, 0.1) is 0 Å². The standard InChI is InChI=1S/C11H22O2/c1-2-3-7-10-12-13-11-8-5-4-6-9-11/h11H,2-10H2,1H3. The van der Waals surface area contributed by atoms with Crippen molar-refractivity contribution < 1.29 is 9.78 Å². The number of hydrogen-bond acceptors (Lipinski definition) is 2. The maximum absolute atomic E-state index is 5.33. The highest BCUT2D eigenvalue weighted by atomic mass is 17.2. The fourth-order valence-corrected chi connectivity index (χ4v) is 1.72. The molecule has 0 aromatic heterocycles. The zero-order valence-electron chi connectivity index (χ0n) is 8.76. The van der Waals surface area contributed by atoms with Crippen molar-refractivity contribution >= 4 is 0 Å². The zero-order valence-corrected chi connectivity index (χ0v) is 8.76. The van der Waals surface area contributed by atoms with Crippen LogP contribution < -0.4 is 0 Å². The minimum absolute atomic E-state index is 0.385. The molecule has 0 aromatic rings. The molecular weight excluding hydrogens is 164 g/mol. The SMILES string of the molecule is CCCCCOOC1CCCCC1. The molecule has 78 valence electrons. The molecule has 1 fully saturated rings. The van der Waals surface area contributed by atoms with Crippen molar-refractivity contribution in [3.8, 4) is 0 Å². The van der Waals surface area contributed by atoms with Gasteiger partial charge in [0.15, 0.2) is 0 Å². The van der Waals surface area contributed by atoms with Gasteiger partial charge in [0, 0.05) is 0 Å². The Morgan fingerprint density at radius 1 is 1.08 bits per heavy atom. The predicted octanol–water partition coefficient (Wildman–Crippen LogP) is 3.46. The second-order valence-electron chi connectivity index (χ2n) is 3.89. The van der Waals surface area contributed by atoms with Crippen LogP contribution in [-0.4, -0.2) is 12.7 Å². The molecule has 1 aliphatic carbocycles. The fourth-order valence-electron chi connectivity index (χ4n) is 1.72. The van der Waals surface area contributed by atoms with Gasteiger partial charge in [-0.1, -0.05) is 39.0 Å². The van der Waals surface area contributed by atoms with E-state index < -0.39 is 0 Å². The molecule has 0 aliphatic heterocycles. The van der Waals surface area contributed by atoms with Gasteiger partial charge < -0.3 is 0 Å². The highest BCUT2D eigenvalue weighted by Crippen LogP contribution is 2.20. The lowest BCUT2D eigenvalue weighted by molar-refractivity contribution is -0.328. The maximum atomic E-state index is 5.33. The van der Waals surface area contributed by atoms with Crippen molar-refractivity contribution in [1.29, 1.82) is 0 Å².